The Kier molecular flexibility index (Phi) is 10.8. The number of rotatable bonds is 9. The standard InChI is InChI=1S/C15H29N3/c1-5-11-18(13-7-6-10-15(2)16)14-9-8-12-17(3)4/h5,15H,1,6-7,10-14,16H2,2-4H3. The first-order valence-corrected chi connectivity index (χ1v) is 6.75. The van der Waals surface area contributed by atoms with E-state index in [1.54, 1.807) is 0 Å². The second-order valence-corrected chi connectivity index (χ2v) is 5.09. The first kappa shape index (κ1) is 17.2. The molecule has 0 aromatic carbocycles. The maximum absolute atomic E-state index is 5.74. The topological polar surface area (TPSA) is 32.5 Å². The van der Waals surface area contributed by atoms with E-state index in [0.717, 1.165) is 32.6 Å². The van der Waals surface area contributed by atoms with Crippen molar-refractivity contribution in [3.05, 3.63) is 12.7 Å². The molecule has 1 unspecified atom stereocenters. The molecule has 0 bridgehead atoms. The molecule has 0 aliphatic rings. The summed E-state index contributed by atoms with van der Waals surface area (Å²) in [5.41, 5.74) is 5.74. The normalized spacial score (nSPS) is 12.3. The van der Waals surface area contributed by atoms with Crippen molar-refractivity contribution >= 4 is 0 Å². The number of nitrogens with two attached hydrogens (primary N) is 1. The number of hydrogen-bond acceptors (Lipinski definition) is 3. The van der Waals surface area contributed by atoms with E-state index in [1.807, 2.05) is 20.2 Å². The third kappa shape index (κ3) is 11.7. The quantitative estimate of drug-likeness (QED) is 0.383. The van der Waals surface area contributed by atoms with Crippen LogP contribution in [0.3, 0.4) is 0 Å². The molecule has 0 rings (SSSR count). The van der Waals surface area contributed by atoms with Crippen LogP contribution in [0.2, 0.25) is 0 Å². The molecular formula is C15H29N3. The van der Waals surface area contributed by atoms with Gasteiger partial charge in [0.15, 0.2) is 0 Å². The first-order valence-electron chi connectivity index (χ1n) is 6.75. The third-order valence-corrected chi connectivity index (χ3v) is 2.59. The average molecular weight is 251 g/mol. The molecule has 0 aromatic rings. The van der Waals surface area contributed by atoms with Crippen LogP contribution in [-0.4, -0.2) is 56.1 Å². The molecule has 1 atom stereocenters. The summed E-state index contributed by atoms with van der Waals surface area (Å²) in [6, 6.07) is 0.317. The molecule has 0 saturated carbocycles. The highest BCUT2D eigenvalue weighted by atomic mass is 15.1. The maximum Gasteiger partial charge on any atom is 0.0604 e. The van der Waals surface area contributed by atoms with Crippen molar-refractivity contribution in [1.82, 2.24) is 9.80 Å². The second kappa shape index (κ2) is 11.3. The molecule has 0 fully saturated rings. The molecule has 0 heterocycles. The maximum atomic E-state index is 5.74. The van der Waals surface area contributed by atoms with Gasteiger partial charge in [-0.2, -0.15) is 0 Å². The lowest BCUT2D eigenvalue weighted by molar-refractivity contribution is 0.328. The summed E-state index contributed by atoms with van der Waals surface area (Å²) in [4.78, 5) is 4.41. The number of nitrogens with zero attached hydrogens (tertiary/aromatic N) is 2. The molecule has 3 heteroatoms. The minimum absolute atomic E-state index is 0.317. The van der Waals surface area contributed by atoms with Gasteiger partial charge in [0.05, 0.1) is 13.1 Å². The van der Waals surface area contributed by atoms with Crippen molar-refractivity contribution in [3.8, 4) is 11.8 Å². The molecule has 104 valence electrons. The SMILES string of the molecule is C=CCN(CC#CCN(C)C)CCCCC(C)N. The van der Waals surface area contributed by atoms with Gasteiger partial charge in [-0.3, -0.25) is 9.80 Å². The van der Waals surface area contributed by atoms with Gasteiger partial charge >= 0.3 is 0 Å². The van der Waals surface area contributed by atoms with Crippen molar-refractivity contribution in [2.75, 3.05) is 40.3 Å². The number of unbranched alkanes of at least 4 members (excludes halogenated alkanes) is 1. The minimum Gasteiger partial charge on any atom is -0.328 e. The van der Waals surface area contributed by atoms with Crippen molar-refractivity contribution in [2.45, 2.75) is 32.2 Å². The van der Waals surface area contributed by atoms with Crippen LogP contribution in [0.25, 0.3) is 0 Å². The Hall–Kier alpha value is -0.820. The molecule has 3 nitrogen and oxygen atoms in total. The Bertz CT molecular complexity index is 261. The third-order valence-electron chi connectivity index (χ3n) is 2.59. The fourth-order valence-electron chi connectivity index (χ4n) is 1.60. The molecule has 0 amide bonds. The molecule has 18 heavy (non-hydrogen) atoms. The highest BCUT2D eigenvalue weighted by molar-refractivity contribution is 5.03. The fourth-order valence-corrected chi connectivity index (χ4v) is 1.60. The zero-order chi connectivity index (χ0) is 13.8. The van der Waals surface area contributed by atoms with Gasteiger partial charge in [-0.1, -0.05) is 24.3 Å². The zero-order valence-electron chi connectivity index (χ0n) is 12.3. The van der Waals surface area contributed by atoms with Crippen molar-refractivity contribution in [2.24, 2.45) is 5.73 Å². The Morgan fingerprint density at radius 1 is 1.22 bits per heavy atom. The summed E-state index contributed by atoms with van der Waals surface area (Å²) in [5.74, 6) is 6.38. The van der Waals surface area contributed by atoms with Crippen LogP contribution in [0.15, 0.2) is 12.7 Å². The average Bonchev–Trinajstić information content (AvgIpc) is 2.29. The monoisotopic (exact) mass is 251 g/mol. The van der Waals surface area contributed by atoms with Crippen molar-refractivity contribution in [1.29, 1.82) is 0 Å². The van der Waals surface area contributed by atoms with Gasteiger partial charge in [-0.15, -0.1) is 6.58 Å². The van der Waals surface area contributed by atoms with E-state index < -0.39 is 0 Å². The molecule has 0 aliphatic heterocycles. The predicted molar refractivity (Wildman–Crippen MR) is 80.5 cm³/mol. The predicted octanol–water partition coefficient (Wildman–Crippen LogP) is 1.56. The Morgan fingerprint density at radius 3 is 2.44 bits per heavy atom. The van der Waals surface area contributed by atoms with Gasteiger partial charge in [0, 0.05) is 12.6 Å². The van der Waals surface area contributed by atoms with E-state index in [1.165, 1.54) is 12.8 Å². The van der Waals surface area contributed by atoms with E-state index in [9.17, 15) is 0 Å². The highest BCUT2D eigenvalue weighted by Gasteiger charge is 2.01. The smallest absolute Gasteiger partial charge is 0.0604 e. The van der Waals surface area contributed by atoms with Crippen LogP contribution in [0.5, 0.6) is 0 Å². The Morgan fingerprint density at radius 2 is 1.89 bits per heavy atom. The van der Waals surface area contributed by atoms with Gasteiger partial charge in [-0.25, -0.2) is 0 Å². The van der Waals surface area contributed by atoms with Gasteiger partial charge in [-0.05, 0) is 40.4 Å². The van der Waals surface area contributed by atoms with Gasteiger partial charge in [0.1, 0.15) is 0 Å². The summed E-state index contributed by atoms with van der Waals surface area (Å²) in [5, 5.41) is 0. The second-order valence-electron chi connectivity index (χ2n) is 5.09. The summed E-state index contributed by atoms with van der Waals surface area (Å²) in [6.45, 7) is 9.51. The minimum atomic E-state index is 0.317. The largest absolute Gasteiger partial charge is 0.328 e. The molecule has 0 saturated heterocycles. The van der Waals surface area contributed by atoms with Crippen LogP contribution in [0, 0.1) is 11.8 Å². The molecule has 0 radical (unpaired) electrons. The van der Waals surface area contributed by atoms with Gasteiger partial charge in [0.2, 0.25) is 0 Å². The summed E-state index contributed by atoms with van der Waals surface area (Å²) in [6.07, 6.45) is 5.43. The molecule has 2 N–H and O–H groups in total. The lowest BCUT2D eigenvalue weighted by Crippen LogP contribution is -2.26. The lowest BCUT2D eigenvalue weighted by atomic mass is 10.1. The summed E-state index contributed by atoms with van der Waals surface area (Å²) < 4.78 is 0. The van der Waals surface area contributed by atoms with Crippen LogP contribution in [-0.2, 0) is 0 Å². The molecular weight excluding hydrogens is 222 g/mol. The molecule has 0 aromatic heterocycles. The first-order chi connectivity index (χ1) is 8.56. The zero-order valence-corrected chi connectivity index (χ0v) is 12.3. The van der Waals surface area contributed by atoms with E-state index in [2.05, 4.69) is 35.1 Å². The van der Waals surface area contributed by atoms with Crippen LogP contribution >= 0.6 is 0 Å². The number of hydrogen-bond donors (Lipinski definition) is 1. The van der Waals surface area contributed by atoms with Crippen LogP contribution in [0.1, 0.15) is 26.2 Å². The van der Waals surface area contributed by atoms with Crippen molar-refractivity contribution < 1.29 is 0 Å². The van der Waals surface area contributed by atoms with Crippen LogP contribution < -0.4 is 5.73 Å². The van der Waals surface area contributed by atoms with Gasteiger partial charge < -0.3 is 5.73 Å². The van der Waals surface area contributed by atoms with Crippen molar-refractivity contribution in [3.63, 3.8) is 0 Å². The summed E-state index contributed by atoms with van der Waals surface area (Å²) in [7, 11) is 4.06. The van der Waals surface area contributed by atoms with Crippen LogP contribution in [0.4, 0.5) is 0 Å². The van der Waals surface area contributed by atoms with E-state index in [4.69, 9.17) is 5.73 Å². The molecule has 0 spiro atoms. The lowest BCUT2D eigenvalue weighted by Gasteiger charge is -2.17. The van der Waals surface area contributed by atoms with E-state index >= 15 is 0 Å². The summed E-state index contributed by atoms with van der Waals surface area (Å²) >= 11 is 0. The highest BCUT2D eigenvalue weighted by Crippen LogP contribution is 2.01. The molecule has 0 aliphatic carbocycles. The van der Waals surface area contributed by atoms with Gasteiger partial charge in [0.25, 0.3) is 0 Å². The van der Waals surface area contributed by atoms with E-state index in [0.29, 0.717) is 6.04 Å². The fraction of sp³-hybridized carbons (Fsp3) is 0.733. The van der Waals surface area contributed by atoms with E-state index in [-0.39, 0.29) is 0 Å². The Labute approximate surface area is 113 Å². The Balaban J connectivity index is 3.83.